The lowest BCUT2D eigenvalue weighted by molar-refractivity contribution is -0.125. The van der Waals surface area contributed by atoms with Crippen molar-refractivity contribution in [2.75, 3.05) is 18.8 Å². The predicted molar refractivity (Wildman–Crippen MR) is 74.9 cm³/mol. The molecular formula is C15H20N2O. The molecule has 1 amide bonds. The van der Waals surface area contributed by atoms with Crippen LogP contribution in [0.2, 0.25) is 0 Å². The van der Waals surface area contributed by atoms with Crippen molar-refractivity contribution in [1.82, 2.24) is 4.90 Å². The molecule has 0 aromatic heterocycles. The molecule has 1 aromatic carbocycles. The molecule has 3 nitrogen and oxygen atoms in total. The third-order valence-corrected chi connectivity index (χ3v) is 3.27. The minimum Gasteiger partial charge on any atom is -0.399 e. The van der Waals surface area contributed by atoms with Gasteiger partial charge in [0.2, 0.25) is 5.91 Å². The third kappa shape index (κ3) is 3.62. The fourth-order valence-electron chi connectivity index (χ4n) is 2.17. The van der Waals surface area contributed by atoms with Crippen molar-refractivity contribution in [1.29, 1.82) is 0 Å². The summed E-state index contributed by atoms with van der Waals surface area (Å²) in [6, 6.07) is 7.52. The minimum absolute atomic E-state index is 0.119. The Hall–Kier alpha value is -1.77. The molecule has 1 aromatic rings. The average molecular weight is 244 g/mol. The topological polar surface area (TPSA) is 46.3 Å². The van der Waals surface area contributed by atoms with Gasteiger partial charge in [0.25, 0.3) is 0 Å². The molecule has 1 fully saturated rings. The fraction of sp³-hybridized carbons (Fsp3) is 0.400. The van der Waals surface area contributed by atoms with Crippen LogP contribution in [0.1, 0.15) is 31.2 Å². The van der Waals surface area contributed by atoms with Crippen LogP contribution < -0.4 is 5.73 Å². The van der Waals surface area contributed by atoms with Crippen molar-refractivity contribution in [3.8, 4) is 0 Å². The number of hydrogen-bond acceptors (Lipinski definition) is 2. The number of nitrogens with zero attached hydrogens (tertiary/aromatic N) is 1. The highest BCUT2D eigenvalue weighted by molar-refractivity contribution is 5.91. The first-order chi connectivity index (χ1) is 8.75. The van der Waals surface area contributed by atoms with Crippen LogP contribution in [0.25, 0.3) is 6.08 Å². The van der Waals surface area contributed by atoms with Gasteiger partial charge in [-0.3, -0.25) is 4.79 Å². The number of nitrogen functional groups attached to an aromatic ring is 1. The van der Waals surface area contributed by atoms with E-state index in [1.54, 1.807) is 6.08 Å². The molecule has 0 saturated carbocycles. The molecule has 3 heteroatoms. The van der Waals surface area contributed by atoms with Crippen LogP contribution in [0.3, 0.4) is 0 Å². The lowest BCUT2D eigenvalue weighted by Crippen LogP contribution is -2.30. The fourth-order valence-corrected chi connectivity index (χ4v) is 2.17. The normalized spacial score (nSPS) is 16.8. The van der Waals surface area contributed by atoms with Gasteiger partial charge in [0.15, 0.2) is 0 Å². The van der Waals surface area contributed by atoms with Crippen LogP contribution in [-0.4, -0.2) is 23.9 Å². The maximum atomic E-state index is 12.0. The maximum Gasteiger partial charge on any atom is 0.246 e. The largest absolute Gasteiger partial charge is 0.399 e. The lowest BCUT2D eigenvalue weighted by atomic mass is 10.2. The van der Waals surface area contributed by atoms with Crippen LogP contribution in [0.4, 0.5) is 5.69 Å². The summed E-state index contributed by atoms with van der Waals surface area (Å²) in [5, 5.41) is 0. The standard InChI is InChI=1S/C15H20N2O/c16-14-8-5-13(6-9-14)7-10-15(18)17-11-3-1-2-4-12-17/h5-10H,1-4,11-12,16H2/b10-7+. The highest BCUT2D eigenvalue weighted by Gasteiger charge is 2.12. The number of likely N-dealkylation sites (tertiary alicyclic amines) is 1. The van der Waals surface area contributed by atoms with Gasteiger partial charge in [-0.25, -0.2) is 0 Å². The van der Waals surface area contributed by atoms with E-state index in [2.05, 4.69) is 0 Å². The number of benzene rings is 1. The summed E-state index contributed by atoms with van der Waals surface area (Å²) in [5.74, 6) is 0.119. The Kier molecular flexibility index (Phi) is 4.40. The first-order valence-corrected chi connectivity index (χ1v) is 6.58. The highest BCUT2D eigenvalue weighted by Crippen LogP contribution is 2.11. The maximum absolute atomic E-state index is 12.0. The summed E-state index contributed by atoms with van der Waals surface area (Å²) in [5.41, 5.74) is 7.37. The predicted octanol–water partition coefficient (Wildman–Crippen LogP) is 2.68. The molecule has 2 rings (SSSR count). The van der Waals surface area contributed by atoms with E-state index in [4.69, 9.17) is 5.73 Å². The molecule has 96 valence electrons. The van der Waals surface area contributed by atoms with Crippen molar-refractivity contribution in [2.45, 2.75) is 25.7 Å². The molecule has 1 saturated heterocycles. The van der Waals surface area contributed by atoms with E-state index in [0.717, 1.165) is 37.2 Å². The smallest absolute Gasteiger partial charge is 0.246 e. The van der Waals surface area contributed by atoms with Crippen molar-refractivity contribution in [3.05, 3.63) is 35.9 Å². The molecule has 0 unspecified atom stereocenters. The number of nitrogens with two attached hydrogens (primary N) is 1. The zero-order valence-electron chi connectivity index (χ0n) is 10.6. The van der Waals surface area contributed by atoms with Crippen LogP contribution in [0.15, 0.2) is 30.3 Å². The molecule has 0 aliphatic carbocycles. The summed E-state index contributed by atoms with van der Waals surface area (Å²) >= 11 is 0. The van der Waals surface area contributed by atoms with E-state index < -0.39 is 0 Å². The Morgan fingerprint density at radius 1 is 1.06 bits per heavy atom. The second-order valence-corrected chi connectivity index (χ2v) is 4.74. The average Bonchev–Trinajstić information content (AvgIpc) is 2.66. The molecule has 18 heavy (non-hydrogen) atoms. The quantitative estimate of drug-likeness (QED) is 0.642. The van der Waals surface area contributed by atoms with Crippen LogP contribution >= 0.6 is 0 Å². The van der Waals surface area contributed by atoms with Gasteiger partial charge in [0.05, 0.1) is 0 Å². The first-order valence-electron chi connectivity index (χ1n) is 6.58. The van der Waals surface area contributed by atoms with Gasteiger partial charge in [-0.2, -0.15) is 0 Å². The number of anilines is 1. The lowest BCUT2D eigenvalue weighted by Gasteiger charge is -2.17. The zero-order valence-corrected chi connectivity index (χ0v) is 10.6. The van der Waals surface area contributed by atoms with Crippen molar-refractivity contribution >= 4 is 17.7 Å². The SMILES string of the molecule is Nc1ccc(/C=C/C(=O)N2CCCCCC2)cc1. The summed E-state index contributed by atoms with van der Waals surface area (Å²) in [7, 11) is 0. The Bertz CT molecular complexity index is 415. The Balaban J connectivity index is 1.95. The molecule has 0 atom stereocenters. The van der Waals surface area contributed by atoms with Crippen LogP contribution in [0.5, 0.6) is 0 Å². The second-order valence-electron chi connectivity index (χ2n) is 4.74. The van der Waals surface area contributed by atoms with E-state index >= 15 is 0 Å². The van der Waals surface area contributed by atoms with Crippen LogP contribution in [0, 0.1) is 0 Å². The number of hydrogen-bond donors (Lipinski definition) is 1. The molecule has 1 aliphatic heterocycles. The van der Waals surface area contributed by atoms with Crippen LogP contribution in [-0.2, 0) is 4.79 Å². The molecule has 1 aliphatic rings. The Labute approximate surface area is 108 Å². The second kappa shape index (κ2) is 6.24. The summed E-state index contributed by atoms with van der Waals surface area (Å²) in [6.45, 7) is 1.79. The van der Waals surface area contributed by atoms with E-state index in [9.17, 15) is 4.79 Å². The first kappa shape index (κ1) is 12.7. The molecule has 0 radical (unpaired) electrons. The third-order valence-electron chi connectivity index (χ3n) is 3.27. The number of carbonyl (C=O) groups excluding carboxylic acids is 1. The van der Waals surface area contributed by atoms with Gasteiger partial charge < -0.3 is 10.6 Å². The minimum atomic E-state index is 0.119. The van der Waals surface area contributed by atoms with E-state index in [1.807, 2.05) is 35.2 Å². The summed E-state index contributed by atoms with van der Waals surface area (Å²) in [6.07, 6.45) is 8.25. The number of rotatable bonds is 2. The molecular weight excluding hydrogens is 224 g/mol. The summed E-state index contributed by atoms with van der Waals surface area (Å²) < 4.78 is 0. The number of amides is 1. The zero-order chi connectivity index (χ0) is 12.8. The van der Waals surface area contributed by atoms with Gasteiger partial charge in [-0.05, 0) is 36.6 Å². The monoisotopic (exact) mass is 244 g/mol. The molecule has 2 N–H and O–H groups in total. The van der Waals surface area contributed by atoms with Crippen molar-refractivity contribution in [3.63, 3.8) is 0 Å². The van der Waals surface area contributed by atoms with E-state index in [0.29, 0.717) is 0 Å². The Morgan fingerprint density at radius 3 is 2.28 bits per heavy atom. The highest BCUT2D eigenvalue weighted by atomic mass is 16.2. The van der Waals surface area contributed by atoms with Crippen molar-refractivity contribution < 1.29 is 4.79 Å². The van der Waals surface area contributed by atoms with Gasteiger partial charge in [0.1, 0.15) is 0 Å². The Morgan fingerprint density at radius 2 is 1.67 bits per heavy atom. The van der Waals surface area contributed by atoms with E-state index in [1.165, 1.54) is 12.8 Å². The molecule has 0 bridgehead atoms. The van der Waals surface area contributed by atoms with E-state index in [-0.39, 0.29) is 5.91 Å². The van der Waals surface area contributed by atoms with Gasteiger partial charge in [-0.15, -0.1) is 0 Å². The molecule has 0 spiro atoms. The molecule has 1 heterocycles. The van der Waals surface area contributed by atoms with Gasteiger partial charge >= 0.3 is 0 Å². The van der Waals surface area contributed by atoms with Gasteiger partial charge in [0, 0.05) is 24.9 Å². The van der Waals surface area contributed by atoms with Gasteiger partial charge in [-0.1, -0.05) is 25.0 Å². The summed E-state index contributed by atoms with van der Waals surface area (Å²) in [4.78, 5) is 14.0. The van der Waals surface area contributed by atoms with Crippen molar-refractivity contribution in [2.24, 2.45) is 0 Å². The number of carbonyl (C=O) groups is 1.